The average molecular weight is 258 g/mol. The van der Waals surface area contributed by atoms with Gasteiger partial charge >= 0.3 is 0 Å². The molecule has 0 saturated heterocycles. The Morgan fingerprint density at radius 2 is 2.12 bits per heavy atom. The smallest absolute Gasteiger partial charge is 0.103 e. The van der Waals surface area contributed by atoms with Crippen LogP contribution in [0.1, 0.15) is 44.5 Å². The van der Waals surface area contributed by atoms with E-state index in [0.29, 0.717) is 10.8 Å². The molecule has 0 aliphatic heterocycles. The number of hydrogen-bond acceptors (Lipinski definition) is 4. The van der Waals surface area contributed by atoms with Crippen molar-refractivity contribution in [1.29, 1.82) is 0 Å². The van der Waals surface area contributed by atoms with Crippen LogP contribution in [0.15, 0.2) is 6.20 Å². The Bertz CT molecular complexity index is 313. The zero-order valence-electron chi connectivity index (χ0n) is 10.8. The van der Waals surface area contributed by atoms with Gasteiger partial charge in [-0.1, -0.05) is 34.6 Å². The molecule has 0 aromatic carbocycles. The topological polar surface area (TPSA) is 24.9 Å². The lowest BCUT2D eigenvalue weighted by molar-refractivity contribution is 0.593. The zero-order valence-corrected chi connectivity index (χ0v) is 12.5. The van der Waals surface area contributed by atoms with E-state index in [-0.39, 0.29) is 0 Å². The van der Waals surface area contributed by atoms with Gasteiger partial charge in [0, 0.05) is 34.2 Å². The fourth-order valence-corrected chi connectivity index (χ4v) is 2.79. The van der Waals surface area contributed by atoms with Crippen LogP contribution in [-0.2, 0) is 12.3 Å². The van der Waals surface area contributed by atoms with Gasteiger partial charge in [0.2, 0.25) is 0 Å². The first kappa shape index (κ1) is 14.0. The Morgan fingerprint density at radius 1 is 1.44 bits per heavy atom. The molecule has 1 aromatic heterocycles. The molecule has 0 unspecified atom stereocenters. The summed E-state index contributed by atoms with van der Waals surface area (Å²) in [7, 11) is 0. The molecule has 0 aliphatic rings. The van der Waals surface area contributed by atoms with E-state index in [1.165, 1.54) is 9.88 Å². The highest BCUT2D eigenvalue weighted by Crippen LogP contribution is 2.28. The number of nitrogens with zero attached hydrogens (tertiary/aromatic N) is 1. The van der Waals surface area contributed by atoms with Gasteiger partial charge in [0.1, 0.15) is 5.01 Å². The van der Waals surface area contributed by atoms with Crippen LogP contribution in [-0.4, -0.2) is 15.8 Å². The molecule has 0 bridgehead atoms. The van der Waals surface area contributed by atoms with Crippen LogP contribution in [0.5, 0.6) is 0 Å². The minimum atomic E-state index is 0.321. The molecule has 1 heterocycles. The average Bonchev–Trinajstić information content (AvgIpc) is 2.58. The molecule has 1 N–H and O–H groups in total. The molecule has 0 spiro atoms. The Hall–Kier alpha value is -0.0600. The van der Waals surface area contributed by atoms with Crippen LogP contribution >= 0.6 is 23.1 Å². The van der Waals surface area contributed by atoms with E-state index in [1.807, 2.05) is 29.3 Å². The molecule has 1 rings (SSSR count). The van der Waals surface area contributed by atoms with Crippen LogP contribution in [0.2, 0.25) is 0 Å². The summed E-state index contributed by atoms with van der Waals surface area (Å²) in [6.45, 7) is 12.0. The van der Waals surface area contributed by atoms with Crippen molar-refractivity contribution in [1.82, 2.24) is 10.3 Å². The number of aromatic nitrogens is 1. The second-order valence-corrected chi connectivity index (χ2v) is 8.16. The molecule has 92 valence electrons. The monoisotopic (exact) mass is 258 g/mol. The summed E-state index contributed by atoms with van der Waals surface area (Å²) in [6.07, 6.45) is 2.00. The highest BCUT2D eigenvalue weighted by atomic mass is 32.2. The molecule has 1 aromatic rings. The van der Waals surface area contributed by atoms with Gasteiger partial charge in [-0.25, -0.2) is 4.98 Å². The third-order valence-electron chi connectivity index (χ3n) is 1.91. The van der Waals surface area contributed by atoms with Crippen molar-refractivity contribution >= 4 is 23.1 Å². The third-order valence-corrected chi connectivity index (χ3v) is 4.38. The summed E-state index contributed by atoms with van der Waals surface area (Å²) in [5.74, 6) is 1.02. The minimum Gasteiger partial charge on any atom is -0.310 e. The van der Waals surface area contributed by atoms with Gasteiger partial charge in [-0.05, 0) is 0 Å². The summed E-state index contributed by atoms with van der Waals surface area (Å²) in [4.78, 5) is 5.79. The second-order valence-electron chi connectivity index (χ2n) is 5.16. The van der Waals surface area contributed by atoms with Gasteiger partial charge in [-0.2, -0.15) is 0 Å². The van der Waals surface area contributed by atoms with Crippen LogP contribution in [0.25, 0.3) is 0 Å². The summed E-state index contributed by atoms with van der Waals surface area (Å²) in [5.41, 5.74) is 0. The van der Waals surface area contributed by atoms with E-state index in [2.05, 4.69) is 44.9 Å². The first-order chi connectivity index (χ1) is 7.37. The van der Waals surface area contributed by atoms with Crippen molar-refractivity contribution in [3.8, 4) is 0 Å². The quantitative estimate of drug-likeness (QED) is 0.872. The normalized spacial score (nSPS) is 12.4. The van der Waals surface area contributed by atoms with Crippen molar-refractivity contribution in [3.05, 3.63) is 16.1 Å². The Labute approximate surface area is 107 Å². The van der Waals surface area contributed by atoms with Crippen LogP contribution in [0, 0.1) is 0 Å². The molecule has 0 saturated carbocycles. The maximum Gasteiger partial charge on any atom is 0.103 e. The molecular weight excluding hydrogens is 236 g/mol. The largest absolute Gasteiger partial charge is 0.310 e. The Balaban J connectivity index is 2.39. The third kappa shape index (κ3) is 5.87. The SMILES string of the molecule is CC(C)NCc1cnc(CSC(C)(C)C)s1. The summed E-state index contributed by atoms with van der Waals surface area (Å²) in [5, 5.41) is 4.65. The fourth-order valence-electron chi connectivity index (χ4n) is 1.08. The van der Waals surface area contributed by atoms with Crippen molar-refractivity contribution in [2.75, 3.05) is 0 Å². The molecule has 0 radical (unpaired) electrons. The van der Waals surface area contributed by atoms with Crippen molar-refractivity contribution in [2.45, 2.75) is 57.7 Å². The number of hydrogen-bond donors (Lipinski definition) is 1. The van der Waals surface area contributed by atoms with Crippen LogP contribution in [0.4, 0.5) is 0 Å². The predicted molar refractivity (Wildman–Crippen MR) is 75.1 cm³/mol. The molecule has 0 fully saturated rings. The van der Waals surface area contributed by atoms with Gasteiger partial charge in [0.05, 0.1) is 0 Å². The molecule has 0 atom stereocenters. The van der Waals surface area contributed by atoms with Gasteiger partial charge in [0.15, 0.2) is 0 Å². The molecule has 0 amide bonds. The number of thioether (sulfide) groups is 1. The molecule has 2 nitrogen and oxygen atoms in total. The van der Waals surface area contributed by atoms with E-state index in [4.69, 9.17) is 0 Å². The first-order valence-electron chi connectivity index (χ1n) is 5.68. The zero-order chi connectivity index (χ0) is 12.2. The number of thiazole rings is 1. The maximum absolute atomic E-state index is 4.45. The highest BCUT2D eigenvalue weighted by Gasteiger charge is 2.12. The van der Waals surface area contributed by atoms with E-state index < -0.39 is 0 Å². The van der Waals surface area contributed by atoms with Crippen LogP contribution < -0.4 is 5.32 Å². The van der Waals surface area contributed by atoms with Crippen molar-refractivity contribution in [3.63, 3.8) is 0 Å². The summed E-state index contributed by atoms with van der Waals surface area (Å²) in [6, 6.07) is 0.537. The predicted octanol–water partition coefficient (Wildman–Crippen LogP) is 3.67. The molecular formula is C12H22N2S2. The van der Waals surface area contributed by atoms with E-state index in [0.717, 1.165) is 12.3 Å². The Kier molecular flexibility index (Phi) is 5.28. The number of rotatable bonds is 5. The number of nitrogens with one attached hydrogen (secondary N) is 1. The lowest BCUT2D eigenvalue weighted by Gasteiger charge is -2.16. The molecule has 0 aliphatic carbocycles. The van der Waals surface area contributed by atoms with Crippen LogP contribution in [0.3, 0.4) is 0 Å². The Morgan fingerprint density at radius 3 is 2.69 bits per heavy atom. The van der Waals surface area contributed by atoms with Gasteiger partial charge < -0.3 is 5.32 Å². The minimum absolute atomic E-state index is 0.321. The highest BCUT2D eigenvalue weighted by molar-refractivity contribution is 7.99. The van der Waals surface area contributed by atoms with E-state index in [1.54, 1.807) is 0 Å². The van der Waals surface area contributed by atoms with Gasteiger partial charge in [-0.3, -0.25) is 0 Å². The fraction of sp³-hybridized carbons (Fsp3) is 0.750. The van der Waals surface area contributed by atoms with Crippen molar-refractivity contribution < 1.29 is 0 Å². The molecule has 16 heavy (non-hydrogen) atoms. The first-order valence-corrected chi connectivity index (χ1v) is 7.48. The second kappa shape index (κ2) is 6.03. The van der Waals surface area contributed by atoms with E-state index in [9.17, 15) is 0 Å². The van der Waals surface area contributed by atoms with Crippen molar-refractivity contribution in [2.24, 2.45) is 0 Å². The van der Waals surface area contributed by atoms with Gasteiger partial charge in [-0.15, -0.1) is 23.1 Å². The van der Waals surface area contributed by atoms with E-state index >= 15 is 0 Å². The van der Waals surface area contributed by atoms with Gasteiger partial charge in [0.25, 0.3) is 0 Å². The standard InChI is InChI=1S/C12H22N2S2/c1-9(2)13-6-10-7-14-11(16-10)8-15-12(3,4)5/h7,9,13H,6,8H2,1-5H3. The summed E-state index contributed by atoms with van der Waals surface area (Å²) < 4.78 is 0.321. The summed E-state index contributed by atoms with van der Waals surface area (Å²) >= 11 is 3.77. The lowest BCUT2D eigenvalue weighted by Crippen LogP contribution is -2.21. The molecule has 4 heteroatoms. The maximum atomic E-state index is 4.45. The lowest BCUT2D eigenvalue weighted by atomic mass is 10.3.